The fourth-order valence-corrected chi connectivity index (χ4v) is 3.46. The van der Waals surface area contributed by atoms with Gasteiger partial charge in [0.25, 0.3) is 5.91 Å². The highest BCUT2D eigenvalue weighted by Gasteiger charge is 2.26. The zero-order valence-corrected chi connectivity index (χ0v) is 17.1. The number of primary amides is 1. The third-order valence-electron chi connectivity index (χ3n) is 5.21. The molecular formula is C23H25N3O5. The zero-order valence-electron chi connectivity index (χ0n) is 17.1. The highest BCUT2D eigenvalue weighted by atomic mass is 16.5. The molecule has 0 aliphatic carbocycles. The van der Waals surface area contributed by atoms with Gasteiger partial charge in [-0.3, -0.25) is 14.4 Å². The van der Waals surface area contributed by atoms with Crippen LogP contribution in [0.3, 0.4) is 0 Å². The number of nitrogens with zero attached hydrogens (tertiary/aromatic N) is 1. The SMILES string of the molecule is NC(=O)C1CCN(C(=O)COC(=O)c2ccccc2NC(=O)Cc2ccccc2)CC1. The van der Waals surface area contributed by atoms with Crippen LogP contribution in [0.5, 0.6) is 0 Å². The number of benzene rings is 2. The van der Waals surface area contributed by atoms with Gasteiger partial charge >= 0.3 is 5.97 Å². The van der Waals surface area contributed by atoms with E-state index in [2.05, 4.69) is 5.32 Å². The molecule has 0 saturated carbocycles. The van der Waals surface area contributed by atoms with Crippen LogP contribution >= 0.6 is 0 Å². The molecule has 8 nitrogen and oxygen atoms in total. The van der Waals surface area contributed by atoms with Gasteiger partial charge in [0.15, 0.2) is 6.61 Å². The van der Waals surface area contributed by atoms with E-state index in [0.29, 0.717) is 31.6 Å². The second-order valence-corrected chi connectivity index (χ2v) is 7.39. The van der Waals surface area contributed by atoms with Crippen LogP contribution in [0.15, 0.2) is 54.6 Å². The molecule has 3 amide bonds. The van der Waals surface area contributed by atoms with Crippen molar-refractivity contribution >= 4 is 29.4 Å². The number of anilines is 1. The van der Waals surface area contributed by atoms with E-state index in [-0.39, 0.29) is 35.6 Å². The highest BCUT2D eigenvalue weighted by Crippen LogP contribution is 2.19. The second kappa shape index (κ2) is 10.4. The Morgan fingerprint density at radius 1 is 0.968 bits per heavy atom. The number of likely N-dealkylation sites (tertiary alicyclic amines) is 1. The van der Waals surface area contributed by atoms with Gasteiger partial charge in [0, 0.05) is 19.0 Å². The van der Waals surface area contributed by atoms with Gasteiger partial charge in [-0.2, -0.15) is 0 Å². The van der Waals surface area contributed by atoms with E-state index < -0.39 is 12.6 Å². The van der Waals surface area contributed by atoms with Gasteiger partial charge in [0.1, 0.15) is 0 Å². The molecule has 0 aromatic heterocycles. The molecule has 1 saturated heterocycles. The van der Waals surface area contributed by atoms with Gasteiger partial charge < -0.3 is 20.7 Å². The summed E-state index contributed by atoms with van der Waals surface area (Å²) in [5.41, 5.74) is 6.65. The topological polar surface area (TPSA) is 119 Å². The van der Waals surface area contributed by atoms with Gasteiger partial charge in [-0.15, -0.1) is 0 Å². The molecule has 31 heavy (non-hydrogen) atoms. The average Bonchev–Trinajstić information content (AvgIpc) is 2.78. The molecule has 8 heteroatoms. The Hall–Kier alpha value is -3.68. The second-order valence-electron chi connectivity index (χ2n) is 7.39. The van der Waals surface area contributed by atoms with Crippen molar-refractivity contribution in [2.24, 2.45) is 11.7 Å². The molecule has 3 N–H and O–H groups in total. The number of hydrogen-bond acceptors (Lipinski definition) is 5. The predicted octanol–water partition coefficient (Wildman–Crippen LogP) is 1.75. The maximum absolute atomic E-state index is 12.5. The van der Waals surface area contributed by atoms with Crippen LogP contribution in [-0.2, 0) is 25.5 Å². The Labute approximate surface area is 180 Å². The Balaban J connectivity index is 1.54. The van der Waals surface area contributed by atoms with Crippen LogP contribution in [-0.4, -0.2) is 48.3 Å². The number of hydrogen-bond donors (Lipinski definition) is 2. The van der Waals surface area contributed by atoms with E-state index in [4.69, 9.17) is 10.5 Å². The number of nitrogens with two attached hydrogens (primary N) is 1. The molecule has 0 bridgehead atoms. The molecule has 0 unspecified atom stereocenters. The summed E-state index contributed by atoms with van der Waals surface area (Å²) < 4.78 is 5.18. The molecule has 0 atom stereocenters. The average molecular weight is 423 g/mol. The molecule has 1 fully saturated rings. The number of rotatable bonds is 7. The summed E-state index contributed by atoms with van der Waals surface area (Å²) >= 11 is 0. The highest BCUT2D eigenvalue weighted by molar-refractivity contribution is 6.02. The van der Waals surface area contributed by atoms with Crippen LogP contribution in [0, 0.1) is 5.92 Å². The maximum Gasteiger partial charge on any atom is 0.340 e. The minimum atomic E-state index is -0.698. The van der Waals surface area contributed by atoms with Crippen molar-refractivity contribution < 1.29 is 23.9 Å². The normalized spacial score (nSPS) is 14.0. The van der Waals surface area contributed by atoms with Crippen LogP contribution in [0.2, 0.25) is 0 Å². The Kier molecular flexibility index (Phi) is 7.37. The lowest BCUT2D eigenvalue weighted by Crippen LogP contribution is -2.43. The molecule has 3 rings (SSSR count). The Morgan fingerprint density at radius 3 is 2.29 bits per heavy atom. The number of ether oxygens (including phenoxy) is 1. The van der Waals surface area contributed by atoms with Crippen molar-refractivity contribution in [3.63, 3.8) is 0 Å². The molecule has 2 aromatic carbocycles. The predicted molar refractivity (Wildman–Crippen MR) is 114 cm³/mol. The van der Waals surface area contributed by atoms with E-state index in [1.807, 2.05) is 30.3 Å². The largest absolute Gasteiger partial charge is 0.452 e. The summed E-state index contributed by atoms with van der Waals surface area (Å²) in [6, 6.07) is 15.7. The number of piperidine rings is 1. The first kappa shape index (κ1) is 22.0. The first-order valence-corrected chi connectivity index (χ1v) is 10.1. The van der Waals surface area contributed by atoms with E-state index in [0.717, 1.165) is 5.56 Å². The first-order chi connectivity index (χ1) is 14.9. The molecule has 2 aromatic rings. The van der Waals surface area contributed by atoms with E-state index in [1.54, 1.807) is 23.1 Å². The molecule has 1 aliphatic rings. The monoisotopic (exact) mass is 423 g/mol. The van der Waals surface area contributed by atoms with Crippen molar-refractivity contribution in [2.75, 3.05) is 25.0 Å². The summed E-state index contributed by atoms with van der Waals surface area (Å²) in [7, 11) is 0. The molecule has 1 aliphatic heterocycles. The number of nitrogens with one attached hydrogen (secondary N) is 1. The molecule has 162 valence electrons. The third-order valence-corrected chi connectivity index (χ3v) is 5.21. The van der Waals surface area contributed by atoms with Gasteiger partial charge in [-0.25, -0.2) is 4.79 Å². The Bertz CT molecular complexity index is 953. The fraction of sp³-hybridized carbons (Fsp3) is 0.304. The number of amides is 3. The number of para-hydroxylation sites is 1. The Morgan fingerprint density at radius 2 is 1.61 bits per heavy atom. The van der Waals surface area contributed by atoms with Crippen molar-refractivity contribution in [3.05, 3.63) is 65.7 Å². The smallest absolute Gasteiger partial charge is 0.340 e. The van der Waals surface area contributed by atoms with Crippen molar-refractivity contribution in [3.8, 4) is 0 Å². The van der Waals surface area contributed by atoms with Crippen LogP contribution in [0.1, 0.15) is 28.8 Å². The number of esters is 1. The lowest BCUT2D eigenvalue weighted by atomic mass is 9.96. The lowest BCUT2D eigenvalue weighted by molar-refractivity contribution is -0.137. The molecule has 0 spiro atoms. The maximum atomic E-state index is 12.5. The number of carbonyl (C=O) groups excluding carboxylic acids is 4. The standard InChI is InChI=1S/C23H25N3O5/c24-22(29)17-10-12-26(13-11-17)21(28)15-31-23(30)18-8-4-5-9-19(18)25-20(27)14-16-6-2-1-3-7-16/h1-9,17H,10-15H2,(H2,24,29)(H,25,27). The van der Waals surface area contributed by atoms with Crippen LogP contribution in [0.4, 0.5) is 5.69 Å². The molecule has 0 radical (unpaired) electrons. The molecular weight excluding hydrogens is 398 g/mol. The zero-order chi connectivity index (χ0) is 22.2. The summed E-state index contributed by atoms with van der Waals surface area (Å²) in [6.07, 6.45) is 1.18. The first-order valence-electron chi connectivity index (χ1n) is 10.1. The number of carbonyl (C=O) groups is 4. The van der Waals surface area contributed by atoms with Gasteiger partial charge in [-0.1, -0.05) is 42.5 Å². The van der Waals surface area contributed by atoms with Crippen molar-refractivity contribution in [2.45, 2.75) is 19.3 Å². The van der Waals surface area contributed by atoms with Crippen molar-refractivity contribution in [1.82, 2.24) is 4.90 Å². The summed E-state index contributed by atoms with van der Waals surface area (Å²) in [6.45, 7) is 0.388. The van der Waals surface area contributed by atoms with Crippen LogP contribution < -0.4 is 11.1 Å². The van der Waals surface area contributed by atoms with E-state index in [9.17, 15) is 19.2 Å². The van der Waals surface area contributed by atoms with Gasteiger partial charge in [0.05, 0.1) is 17.7 Å². The lowest BCUT2D eigenvalue weighted by Gasteiger charge is -2.30. The van der Waals surface area contributed by atoms with Gasteiger partial charge in [0.2, 0.25) is 11.8 Å². The van der Waals surface area contributed by atoms with E-state index >= 15 is 0 Å². The minimum absolute atomic E-state index is 0.171. The summed E-state index contributed by atoms with van der Waals surface area (Å²) in [4.78, 5) is 50.0. The summed E-state index contributed by atoms with van der Waals surface area (Å²) in [5, 5.41) is 2.73. The van der Waals surface area contributed by atoms with E-state index in [1.165, 1.54) is 6.07 Å². The minimum Gasteiger partial charge on any atom is -0.452 e. The third kappa shape index (κ3) is 6.15. The quantitative estimate of drug-likeness (QED) is 0.658. The fourth-order valence-electron chi connectivity index (χ4n) is 3.46. The molecule has 1 heterocycles. The van der Waals surface area contributed by atoms with Gasteiger partial charge in [-0.05, 0) is 30.5 Å². The van der Waals surface area contributed by atoms with Crippen molar-refractivity contribution in [1.29, 1.82) is 0 Å². The summed E-state index contributed by atoms with van der Waals surface area (Å²) in [5.74, 6) is -1.87. The van der Waals surface area contributed by atoms with Crippen LogP contribution in [0.25, 0.3) is 0 Å².